The van der Waals surface area contributed by atoms with E-state index in [0.29, 0.717) is 0 Å². The van der Waals surface area contributed by atoms with E-state index in [1.54, 1.807) is 0 Å². The van der Waals surface area contributed by atoms with Crippen LogP contribution in [-0.2, 0) is 26.2 Å². The first-order chi connectivity index (χ1) is 17.2. The molecule has 0 aliphatic rings. The summed E-state index contributed by atoms with van der Waals surface area (Å²) >= 11 is 0. The smallest absolute Gasteiger partial charge is 0.0536 e. The van der Waals surface area contributed by atoms with Crippen molar-refractivity contribution >= 4 is 43.6 Å². The number of aromatic nitrogens is 2. The van der Waals surface area contributed by atoms with Crippen LogP contribution in [0, 0.1) is 0 Å². The van der Waals surface area contributed by atoms with Gasteiger partial charge in [-0.05, 0) is 49.7 Å². The number of rotatable bonds is 7. The Morgan fingerprint density at radius 2 is 1.20 bits per heavy atom. The van der Waals surface area contributed by atoms with Gasteiger partial charge in [0, 0.05) is 64.3 Å². The molecule has 0 saturated heterocycles. The SMILES string of the molecule is CCN(Cc1ccc2c3ccccc3n(CC)c2c1)Cc1cccc2c3ccccc3n(CC)c12. The molecule has 0 N–H and O–H groups in total. The molecule has 0 radical (unpaired) electrons. The molecule has 0 bridgehead atoms. The quantitative estimate of drug-likeness (QED) is 0.236. The van der Waals surface area contributed by atoms with Crippen LogP contribution in [0.25, 0.3) is 43.6 Å². The summed E-state index contributed by atoms with van der Waals surface area (Å²) in [5.41, 5.74) is 8.17. The second kappa shape index (κ2) is 8.90. The van der Waals surface area contributed by atoms with Gasteiger partial charge in [-0.25, -0.2) is 0 Å². The average molecular weight is 460 g/mol. The van der Waals surface area contributed by atoms with Crippen LogP contribution < -0.4 is 0 Å². The minimum absolute atomic E-state index is 0.943. The molecule has 6 aromatic rings. The maximum Gasteiger partial charge on any atom is 0.0536 e. The summed E-state index contributed by atoms with van der Waals surface area (Å²) in [5, 5.41) is 5.42. The van der Waals surface area contributed by atoms with Gasteiger partial charge in [0.15, 0.2) is 0 Å². The van der Waals surface area contributed by atoms with E-state index in [-0.39, 0.29) is 0 Å². The van der Waals surface area contributed by atoms with Crippen molar-refractivity contribution in [3.8, 4) is 0 Å². The van der Waals surface area contributed by atoms with Gasteiger partial charge in [-0.3, -0.25) is 4.90 Å². The summed E-state index contributed by atoms with van der Waals surface area (Å²) in [7, 11) is 0. The van der Waals surface area contributed by atoms with Crippen LogP contribution in [0.4, 0.5) is 0 Å². The second-order valence-corrected chi connectivity index (χ2v) is 9.49. The van der Waals surface area contributed by atoms with E-state index in [2.05, 4.69) is 120 Å². The molecule has 0 atom stereocenters. The van der Waals surface area contributed by atoms with Gasteiger partial charge in [0.05, 0.1) is 5.52 Å². The molecule has 3 nitrogen and oxygen atoms in total. The van der Waals surface area contributed by atoms with Crippen LogP contribution in [0.5, 0.6) is 0 Å². The molecule has 0 saturated carbocycles. The second-order valence-electron chi connectivity index (χ2n) is 9.49. The Morgan fingerprint density at radius 3 is 1.91 bits per heavy atom. The highest BCUT2D eigenvalue weighted by atomic mass is 15.1. The van der Waals surface area contributed by atoms with Crippen LogP contribution in [0.2, 0.25) is 0 Å². The Labute approximate surface area is 207 Å². The third-order valence-corrected chi connectivity index (χ3v) is 7.59. The highest BCUT2D eigenvalue weighted by Crippen LogP contribution is 2.33. The van der Waals surface area contributed by atoms with Gasteiger partial charge in [0.25, 0.3) is 0 Å². The minimum Gasteiger partial charge on any atom is -0.341 e. The van der Waals surface area contributed by atoms with E-state index in [0.717, 1.165) is 32.7 Å². The van der Waals surface area contributed by atoms with Crippen molar-refractivity contribution in [1.82, 2.24) is 14.0 Å². The van der Waals surface area contributed by atoms with E-state index in [4.69, 9.17) is 0 Å². The maximum atomic E-state index is 2.56. The van der Waals surface area contributed by atoms with Gasteiger partial charge >= 0.3 is 0 Å². The van der Waals surface area contributed by atoms with Gasteiger partial charge in [0.1, 0.15) is 0 Å². The molecule has 0 amide bonds. The third-order valence-electron chi connectivity index (χ3n) is 7.59. The normalized spacial score (nSPS) is 12.1. The van der Waals surface area contributed by atoms with Gasteiger partial charge in [-0.2, -0.15) is 0 Å². The summed E-state index contributed by atoms with van der Waals surface area (Å²) in [6.45, 7) is 11.6. The zero-order chi connectivity index (χ0) is 23.9. The first kappa shape index (κ1) is 21.9. The van der Waals surface area contributed by atoms with Gasteiger partial charge < -0.3 is 9.13 Å². The van der Waals surface area contributed by atoms with Gasteiger partial charge in [-0.1, -0.05) is 73.7 Å². The topological polar surface area (TPSA) is 13.1 Å². The molecule has 0 fully saturated rings. The van der Waals surface area contributed by atoms with Crippen molar-refractivity contribution in [2.24, 2.45) is 0 Å². The first-order valence-electron chi connectivity index (χ1n) is 12.9. The van der Waals surface area contributed by atoms with E-state index in [1.807, 2.05) is 0 Å². The third kappa shape index (κ3) is 3.54. The molecule has 3 heteroatoms. The molecule has 0 spiro atoms. The average Bonchev–Trinajstić information content (AvgIpc) is 3.40. The predicted molar refractivity (Wildman–Crippen MR) is 150 cm³/mol. The van der Waals surface area contributed by atoms with Crippen molar-refractivity contribution < 1.29 is 0 Å². The molecular weight excluding hydrogens is 426 g/mol. The van der Waals surface area contributed by atoms with Crippen LogP contribution in [0.1, 0.15) is 31.9 Å². The largest absolute Gasteiger partial charge is 0.341 e. The molecule has 0 unspecified atom stereocenters. The van der Waals surface area contributed by atoms with Crippen molar-refractivity contribution in [3.63, 3.8) is 0 Å². The summed E-state index contributed by atoms with van der Waals surface area (Å²) in [6, 6.07) is 31.5. The Morgan fingerprint density at radius 1 is 0.571 bits per heavy atom. The van der Waals surface area contributed by atoms with Crippen molar-refractivity contribution in [2.75, 3.05) is 6.54 Å². The lowest BCUT2D eigenvalue weighted by Gasteiger charge is -2.22. The van der Waals surface area contributed by atoms with E-state index >= 15 is 0 Å². The maximum absolute atomic E-state index is 2.56. The van der Waals surface area contributed by atoms with Crippen molar-refractivity contribution in [2.45, 2.75) is 47.0 Å². The number of para-hydroxylation sites is 3. The first-order valence-corrected chi connectivity index (χ1v) is 12.9. The molecule has 6 rings (SSSR count). The summed E-state index contributed by atoms with van der Waals surface area (Å²) in [5.74, 6) is 0. The molecule has 0 aliphatic carbocycles. The monoisotopic (exact) mass is 459 g/mol. The Hall–Kier alpha value is -3.56. The summed E-state index contributed by atoms with van der Waals surface area (Å²) in [4.78, 5) is 2.56. The molecule has 35 heavy (non-hydrogen) atoms. The predicted octanol–water partition coefficient (Wildman–Crippen LogP) is 7.96. The Kier molecular flexibility index (Phi) is 5.58. The molecule has 176 valence electrons. The Balaban J connectivity index is 1.38. The lowest BCUT2D eigenvalue weighted by atomic mass is 10.1. The van der Waals surface area contributed by atoms with Gasteiger partial charge in [-0.15, -0.1) is 0 Å². The van der Waals surface area contributed by atoms with Crippen molar-refractivity contribution in [3.05, 3.63) is 96.1 Å². The zero-order valence-corrected chi connectivity index (χ0v) is 21.0. The molecule has 2 aromatic heterocycles. The number of hydrogen-bond donors (Lipinski definition) is 0. The standard InChI is InChI=1S/C32H33N3/c1-4-33(21-23-18-19-27-25-13-7-9-16-29(25)34(5-2)31(27)20-23)22-24-12-11-15-28-26-14-8-10-17-30(26)35(6-3)32(24)28/h7-20H,4-6,21-22H2,1-3H3. The van der Waals surface area contributed by atoms with E-state index < -0.39 is 0 Å². The number of fused-ring (bicyclic) bond motifs is 6. The van der Waals surface area contributed by atoms with Gasteiger partial charge in [0.2, 0.25) is 0 Å². The fourth-order valence-corrected chi connectivity index (χ4v) is 5.95. The van der Waals surface area contributed by atoms with Crippen LogP contribution >= 0.6 is 0 Å². The van der Waals surface area contributed by atoms with Crippen LogP contribution in [0.15, 0.2) is 84.9 Å². The number of hydrogen-bond acceptors (Lipinski definition) is 1. The molecule has 4 aromatic carbocycles. The van der Waals surface area contributed by atoms with E-state index in [1.165, 1.54) is 54.7 Å². The number of nitrogens with zero attached hydrogens (tertiary/aromatic N) is 3. The zero-order valence-electron chi connectivity index (χ0n) is 21.0. The summed E-state index contributed by atoms with van der Waals surface area (Å²) in [6.07, 6.45) is 0. The van der Waals surface area contributed by atoms with E-state index in [9.17, 15) is 0 Å². The van der Waals surface area contributed by atoms with Crippen molar-refractivity contribution in [1.29, 1.82) is 0 Å². The Bertz CT molecular complexity index is 1670. The fourth-order valence-electron chi connectivity index (χ4n) is 5.95. The minimum atomic E-state index is 0.943. The molecular formula is C32H33N3. The fraction of sp³-hybridized carbons (Fsp3) is 0.250. The van der Waals surface area contributed by atoms with Crippen LogP contribution in [0.3, 0.4) is 0 Å². The molecule has 0 aliphatic heterocycles. The highest BCUT2D eigenvalue weighted by Gasteiger charge is 2.16. The lowest BCUT2D eigenvalue weighted by molar-refractivity contribution is 0.272. The highest BCUT2D eigenvalue weighted by molar-refractivity contribution is 6.09. The lowest BCUT2D eigenvalue weighted by Crippen LogP contribution is -2.22. The van der Waals surface area contributed by atoms with Crippen LogP contribution in [-0.4, -0.2) is 20.6 Å². The number of aryl methyl sites for hydroxylation is 2. The molecule has 2 heterocycles. The number of benzene rings is 4. The summed E-state index contributed by atoms with van der Waals surface area (Å²) < 4.78 is 4.93.